The minimum Gasteiger partial charge on any atom is -0.491 e. The highest BCUT2D eigenvalue weighted by molar-refractivity contribution is 5.56. The molecule has 0 saturated carbocycles. The number of rotatable bonds is 6. The third-order valence-corrected chi connectivity index (χ3v) is 2.75. The first kappa shape index (κ1) is 12.2. The molecule has 0 aliphatic carbocycles. The maximum atomic E-state index is 8.54. The van der Waals surface area contributed by atoms with E-state index in [1.54, 1.807) is 0 Å². The van der Waals surface area contributed by atoms with Crippen LogP contribution < -0.4 is 10.1 Å². The molecule has 0 saturated heterocycles. The van der Waals surface area contributed by atoms with Crippen LogP contribution >= 0.6 is 0 Å². The molecule has 0 radical (unpaired) electrons. The quantitative estimate of drug-likeness (QED) is 0.735. The highest BCUT2D eigenvalue weighted by atomic mass is 16.5. The zero-order valence-corrected chi connectivity index (χ0v) is 9.95. The van der Waals surface area contributed by atoms with Crippen LogP contribution in [0.4, 0.5) is 5.69 Å². The third-order valence-electron chi connectivity index (χ3n) is 2.75. The molecule has 1 aliphatic heterocycles. The summed E-state index contributed by atoms with van der Waals surface area (Å²) in [4.78, 5) is 0. The van der Waals surface area contributed by atoms with Gasteiger partial charge in [-0.1, -0.05) is 6.07 Å². The second-order valence-corrected chi connectivity index (χ2v) is 4.03. The Morgan fingerprint density at radius 2 is 2.18 bits per heavy atom. The van der Waals surface area contributed by atoms with Gasteiger partial charge in [-0.25, -0.2) is 0 Å². The first-order valence-corrected chi connectivity index (χ1v) is 6.08. The molecule has 94 valence electrons. The predicted octanol–water partition coefficient (Wildman–Crippen LogP) is 1.43. The minimum atomic E-state index is 0.0583. The number of ether oxygens (including phenoxy) is 2. The first-order valence-electron chi connectivity index (χ1n) is 6.08. The average molecular weight is 237 g/mol. The van der Waals surface area contributed by atoms with Gasteiger partial charge in [-0.05, 0) is 24.5 Å². The lowest BCUT2D eigenvalue weighted by molar-refractivity contribution is 0.0705. The molecule has 0 atom stereocenters. The van der Waals surface area contributed by atoms with Crippen molar-refractivity contribution >= 4 is 5.69 Å². The van der Waals surface area contributed by atoms with Gasteiger partial charge in [-0.15, -0.1) is 0 Å². The molecule has 4 nitrogen and oxygen atoms in total. The number of aliphatic hydroxyl groups excluding tert-OH is 1. The summed E-state index contributed by atoms with van der Waals surface area (Å²) in [6.07, 6.45) is 2.34. The molecule has 17 heavy (non-hydrogen) atoms. The lowest BCUT2D eigenvalue weighted by atomic mass is 10.0. The van der Waals surface area contributed by atoms with Crippen LogP contribution in [-0.4, -0.2) is 38.1 Å². The second kappa shape index (κ2) is 6.47. The molecular formula is C13H19NO3. The fourth-order valence-corrected chi connectivity index (χ4v) is 1.91. The standard InChI is InChI=1S/C13H19NO3/c15-6-7-16-8-9-17-12-4-3-11-2-1-5-14-13(11)10-12/h3-4,10,14-15H,1-2,5-9H2. The highest BCUT2D eigenvalue weighted by Crippen LogP contribution is 2.26. The van der Waals surface area contributed by atoms with Gasteiger partial charge >= 0.3 is 0 Å². The Bertz CT molecular complexity index is 355. The number of aliphatic hydroxyl groups is 1. The summed E-state index contributed by atoms with van der Waals surface area (Å²) < 4.78 is 10.7. The van der Waals surface area contributed by atoms with Crippen LogP contribution in [0.25, 0.3) is 0 Å². The van der Waals surface area contributed by atoms with Gasteiger partial charge in [0.2, 0.25) is 0 Å². The van der Waals surface area contributed by atoms with Gasteiger partial charge in [0.25, 0.3) is 0 Å². The first-order chi connectivity index (χ1) is 8.40. The Morgan fingerprint density at radius 3 is 3.06 bits per heavy atom. The monoisotopic (exact) mass is 237 g/mol. The summed E-state index contributed by atoms with van der Waals surface area (Å²) in [5, 5.41) is 11.9. The fraction of sp³-hybridized carbons (Fsp3) is 0.538. The summed E-state index contributed by atoms with van der Waals surface area (Å²) in [6, 6.07) is 6.16. The Balaban J connectivity index is 1.81. The molecule has 1 aliphatic rings. The number of fused-ring (bicyclic) bond motifs is 1. The molecular weight excluding hydrogens is 218 g/mol. The number of benzene rings is 1. The van der Waals surface area contributed by atoms with Gasteiger partial charge in [0.1, 0.15) is 12.4 Å². The van der Waals surface area contributed by atoms with Crippen molar-refractivity contribution in [3.63, 3.8) is 0 Å². The molecule has 0 spiro atoms. The van der Waals surface area contributed by atoms with E-state index in [1.165, 1.54) is 17.7 Å². The molecule has 1 aromatic rings. The van der Waals surface area contributed by atoms with E-state index < -0.39 is 0 Å². The molecule has 1 heterocycles. The lowest BCUT2D eigenvalue weighted by Crippen LogP contribution is -2.12. The van der Waals surface area contributed by atoms with Crippen molar-refractivity contribution in [1.29, 1.82) is 0 Å². The van der Waals surface area contributed by atoms with Crippen molar-refractivity contribution in [2.45, 2.75) is 12.8 Å². The summed E-state index contributed by atoms with van der Waals surface area (Å²) in [7, 11) is 0. The van der Waals surface area contributed by atoms with Crippen LogP contribution in [0.1, 0.15) is 12.0 Å². The Morgan fingerprint density at radius 1 is 1.24 bits per heavy atom. The predicted molar refractivity (Wildman–Crippen MR) is 66.7 cm³/mol. The zero-order chi connectivity index (χ0) is 11.9. The largest absolute Gasteiger partial charge is 0.491 e. The van der Waals surface area contributed by atoms with Gasteiger partial charge in [0.05, 0.1) is 19.8 Å². The normalized spacial score (nSPS) is 13.9. The molecule has 0 bridgehead atoms. The van der Waals surface area contributed by atoms with Crippen LogP contribution in [-0.2, 0) is 11.2 Å². The molecule has 0 aromatic heterocycles. The van der Waals surface area contributed by atoms with Crippen LogP contribution in [0.15, 0.2) is 18.2 Å². The Kier molecular flexibility index (Phi) is 4.64. The molecule has 0 amide bonds. The van der Waals surface area contributed by atoms with Crippen LogP contribution in [0.2, 0.25) is 0 Å². The molecule has 2 N–H and O–H groups in total. The number of nitrogens with one attached hydrogen (secondary N) is 1. The SMILES string of the molecule is OCCOCCOc1ccc2c(c1)NCCC2. The number of hydrogen-bond acceptors (Lipinski definition) is 4. The third kappa shape index (κ3) is 3.61. The lowest BCUT2D eigenvalue weighted by Gasteiger charge is -2.18. The van der Waals surface area contributed by atoms with E-state index in [-0.39, 0.29) is 6.61 Å². The molecule has 0 fully saturated rings. The van der Waals surface area contributed by atoms with Gasteiger partial charge in [0.15, 0.2) is 0 Å². The highest BCUT2D eigenvalue weighted by Gasteiger charge is 2.08. The Labute approximate surface area is 102 Å². The van der Waals surface area contributed by atoms with E-state index in [0.717, 1.165) is 18.7 Å². The molecule has 2 rings (SSSR count). The minimum absolute atomic E-state index is 0.0583. The van der Waals surface area contributed by atoms with Crippen LogP contribution in [0.5, 0.6) is 5.75 Å². The average Bonchev–Trinajstić information content (AvgIpc) is 2.38. The van der Waals surface area contributed by atoms with Gasteiger partial charge in [0, 0.05) is 18.3 Å². The molecule has 0 unspecified atom stereocenters. The Hall–Kier alpha value is -1.26. The van der Waals surface area contributed by atoms with Crippen molar-refractivity contribution in [2.75, 3.05) is 38.3 Å². The molecule has 4 heteroatoms. The van der Waals surface area contributed by atoms with Crippen molar-refractivity contribution in [3.8, 4) is 5.75 Å². The number of hydrogen-bond donors (Lipinski definition) is 2. The summed E-state index contributed by atoms with van der Waals surface area (Å²) in [5.74, 6) is 0.866. The number of aryl methyl sites for hydroxylation is 1. The summed E-state index contributed by atoms with van der Waals surface area (Å²) in [6.45, 7) is 2.48. The number of anilines is 1. The van der Waals surface area contributed by atoms with E-state index in [2.05, 4.69) is 11.4 Å². The van der Waals surface area contributed by atoms with Crippen LogP contribution in [0, 0.1) is 0 Å². The smallest absolute Gasteiger partial charge is 0.121 e. The van der Waals surface area contributed by atoms with Crippen molar-refractivity contribution < 1.29 is 14.6 Å². The summed E-state index contributed by atoms with van der Waals surface area (Å²) in [5.41, 5.74) is 2.55. The van der Waals surface area contributed by atoms with Gasteiger partial charge < -0.3 is 19.9 Å². The van der Waals surface area contributed by atoms with E-state index in [0.29, 0.717) is 19.8 Å². The zero-order valence-electron chi connectivity index (χ0n) is 9.95. The maximum absolute atomic E-state index is 8.54. The second-order valence-electron chi connectivity index (χ2n) is 4.03. The van der Waals surface area contributed by atoms with E-state index in [1.807, 2.05) is 12.1 Å². The van der Waals surface area contributed by atoms with Crippen molar-refractivity contribution in [3.05, 3.63) is 23.8 Å². The fourth-order valence-electron chi connectivity index (χ4n) is 1.91. The molecule has 1 aromatic carbocycles. The maximum Gasteiger partial charge on any atom is 0.121 e. The van der Waals surface area contributed by atoms with E-state index >= 15 is 0 Å². The van der Waals surface area contributed by atoms with Crippen LogP contribution in [0.3, 0.4) is 0 Å². The van der Waals surface area contributed by atoms with E-state index in [9.17, 15) is 0 Å². The van der Waals surface area contributed by atoms with E-state index in [4.69, 9.17) is 14.6 Å². The van der Waals surface area contributed by atoms with Crippen molar-refractivity contribution in [2.24, 2.45) is 0 Å². The van der Waals surface area contributed by atoms with Crippen molar-refractivity contribution in [1.82, 2.24) is 0 Å². The summed E-state index contributed by atoms with van der Waals surface area (Å²) >= 11 is 0. The topological polar surface area (TPSA) is 50.7 Å². The van der Waals surface area contributed by atoms with Gasteiger partial charge in [-0.3, -0.25) is 0 Å². The van der Waals surface area contributed by atoms with Gasteiger partial charge in [-0.2, -0.15) is 0 Å².